The fourth-order valence-corrected chi connectivity index (χ4v) is 10.5. The first-order valence-corrected chi connectivity index (χ1v) is 13.4. The van der Waals surface area contributed by atoms with E-state index in [0.29, 0.717) is 35.9 Å². The van der Waals surface area contributed by atoms with Gasteiger partial charge in [0.25, 0.3) is 0 Å². The number of rotatable bonds is 1. The topological polar surface area (TPSA) is 40.5 Å². The molecule has 3 fully saturated rings. The number of hydrogen-bond acceptors (Lipinski definition) is 4. The van der Waals surface area contributed by atoms with Gasteiger partial charge in [0.15, 0.2) is 5.78 Å². The zero-order valence-electron chi connectivity index (χ0n) is 20.3. The number of hydrogen-bond donors (Lipinski definition) is 1. The Hall–Kier alpha value is -1.70. The van der Waals surface area contributed by atoms with Gasteiger partial charge in [-0.2, -0.15) is 0 Å². The average molecular weight is 462 g/mol. The Bertz CT molecular complexity index is 1130. The summed E-state index contributed by atoms with van der Waals surface area (Å²) in [6.45, 7) is 4.20. The van der Waals surface area contributed by atoms with Crippen molar-refractivity contribution in [3.8, 4) is 11.8 Å². The van der Waals surface area contributed by atoms with Crippen molar-refractivity contribution in [2.45, 2.75) is 80.0 Å². The summed E-state index contributed by atoms with van der Waals surface area (Å²) >= 11 is 2.07. The van der Waals surface area contributed by atoms with Gasteiger partial charge in [-0.05, 0) is 98.5 Å². The van der Waals surface area contributed by atoms with Crippen molar-refractivity contribution in [3.63, 3.8) is 0 Å². The third kappa shape index (κ3) is 2.79. The number of thioether (sulfide) groups is 1. The van der Waals surface area contributed by atoms with Crippen LogP contribution in [-0.4, -0.2) is 35.3 Å². The highest BCUT2D eigenvalue weighted by Crippen LogP contribution is 2.73. The number of carbonyl (C=O) groups is 1. The predicted molar refractivity (Wildman–Crippen MR) is 134 cm³/mol. The molecule has 1 spiro atoms. The van der Waals surface area contributed by atoms with Crippen LogP contribution in [0.2, 0.25) is 0 Å². The first kappa shape index (κ1) is 21.8. The molecule has 1 aromatic rings. The van der Waals surface area contributed by atoms with Crippen LogP contribution in [0.4, 0.5) is 5.69 Å². The number of fused-ring (bicyclic) bond motifs is 4. The van der Waals surface area contributed by atoms with Gasteiger partial charge >= 0.3 is 0 Å². The van der Waals surface area contributed by atoms with Gasteiger partial charge in [0, 0.05) is 41.3 Å². The summed E-state index contributed by atoms with van der Waals surface area (Å²) in [6.07, 6.45) is 8.67. The first-order valence-electron chi connectivity index (χ1n) is 12.6. The molecule has 4 heteroatoms. The minimum absolute atomic E-state index is 0.0396. The summed E-state index contributed by atoms with van der Waals surface area (Å²) in [5.74, 6) is 8.70. The lowest BCUT2D eigenvalue weighted by Gasteiger charge is -2.64. The summed E-state index contributed by atoms with van der Waals surface area (Å²) in [6, 6.07) is 6.99. The molecule has 1 heterocycles. The molecule has 0 bridgehead atoms. The van der Waals surface area contributed by atoms with Gasteiger partial charge in [-0.3, -0.25) is 4.79 Å². The zero-order chi connectivity index (χ0) is 23.2. The van der Waals surface area contributed by atoms with E-state index in [9.17, 15) is 9.90 Å². The lowest BCUT2D eigenvalue weighted by atomic mass is 9.46. The average Bonchev–Trinajstić information content (AvgIpc) is 3.04. The van der Waals surface area contributed by atoms with Gasteiger partial charge in [-0.25, -0.2) is 0 Å². The number of anilines is 1. The summed E-state index contributed by atoms with van der Waals surface area (Å²) in [5, 5.41) is 11.8. The van der Waals surface area contributed by atoms with Crippen LogP contribution in [0, 0.1) is 35.0 Å². The standard InChI is InChI=1S/C29H35NO2S/c1-5-12-28(32)13-11-24-22-8-6-18-15-20(31)10-14-29(18)26(22)23(17-27(24,28)2)21-9-7-19(30(3)4)16-25(21)33-29/h7,9,15-16,22-24,26,32H,6,8,10-11,13-14,17H2,1-4H3/t22-,23+,24-,26?,27-,28-,29+/m0/s1. The van der Waals surface area contributed by atoms with Crippen LogP contribution in [0.1, 0.15) is 70.3 Å². The van der Waals surface area contributed by atoms with Gasteiger partial charge in [-0.15, -0.1) is 17.7 Å². The van der Waals surface area contributed by atoms with Crippen molar-refractivity contribution in [3.05, 3.63) is 35.4 Å². The van der Waals surface area contributed by atoms with E-state index in [1.165, 1.54) is 21.7 Å². The Kier molecular flexibility index (Phi) is 4.73. The van der Waals surface area contributed by atoms with Gasteiger partial charge in [0.2, 0.25) is 0 Å². The number of aliphatic hydroxyl groups is 1. The molecule has 4 aliphatic carbocycles. The Morgan fingerprint density at radius 3 is 2.76 bits per heavy atom. The second kappa shape index (κ2) is 7.15. The Morgan fingerprint density at radius 1 is 1.18 bits per heavy atom. The van der Waals surface area contributed by atoms with Gasteiger partial charge in [0.1, 0.15) is 5.60 Å². The van der Waals surface area contributed by atoms with Gasteiger partial charge in [0.05, 0.1) is 0 Å². The molecule has 1 aromatic carbocycles. The zero-order valence-corrected chi connectivity index (χ0v) is 21.1. The molecule has 174 valence electrons. The fourth-order valence-electron chi connectivity index (χ4n) is 8.60. The summed E-state index contributed by atoms with van der Waals surface area (Å²) in [7, 11) is 4.21. The Morgan fingerprint density at radius 2 is 2.00 bits per heavy atom. The maximum absolute atomic E-state index is 12.5. The van der Waals surface area contributed by atoms with Crippen molar-refractivity contribution in [1.29, 1.82) is 0 Å². The fraction of sp³-hybridized carbons (Fsp3) is 0.621. The molecule has 1 unspecified atom stereocenters. The third-order valence-corrected chi connectivity index (χ3v) is 11.8. The smallest absolute Gasteiger partial charge is 0.155 e. The number of nitrogens with zero attached hydrogens (tertiary/aromatic N) is 1. The van der Waals surface area contributed by atoms with Crippen LogP contribution in [0.5, 0.6) is 0 Å². The molecule has 0 amide bonds. The number of ketones is 1. The molecule has 3 saturated carbocycles. The Labute approximate surface area is 202 Å². The minimum Gasteiger partial charge on any atom is -0.378 e. The first-order chi connectivity index (χ1) is 15.7. The van der Waals surface area contributed by atoms with E-state index >= 15 is 0 Å². The summed E-state index contributed by atoms with van der Waals surface area (Å²) in [4.78, 5) is 16.0. The van der Waals surface area contributed by atoms with Crippen molar-refractivity contribution in [2.24, 2.45) is 23.2 Å². The minimum atomic E-state index is -0.891. The largest absolute Gasteiger partial charge is 0.378 e. The SMILES string of the molecule is CC#C[C@]1(O)CC[C@H]2[C@@H]3CCC4=CC(=O)CC[C@@]45Sc4cc(N(C)C)ccc4[C@@H](C[C@@]21C)C35. The van der Waals surface area contributed by atoms with Crippen LogP contribution in [0.15, 0.2) is 34.7 Å². The molecule has 1 N–H and O–H groups in total. The van der Waals surface area contributed by atoms with Crippen molar-refractivity contribution in [2.75, 3.05) is 19.0 Å². The third-order valence-electron chi connectivity index (χ3n) is 10.1. The van der Waals surface area contributed by atoms with Crippen LogP contribution >= 0.6 is 11.8 Å². The highest BCUT2D eigenvalue weighted by molar-refractivity contribution is 8.01. The molecule has 3 nitrogen and oxygen atoms in total. The molecule has 5 aliphatic rings. The summed E-state index contributed by atoms with van der Waals surface area (Å²) < 4.78 is 0.0396. The van der Waals surface area contributed by atoms with E-state index in [4.69, 9.17) is 0 Å². The number of benzene rings is 1. The van der Waals surface area contributed by atoms with Gasteiger partial charge < -0.3 is 10.0 Å². The van der Waals surface area contributed by atoms with Crippen LogP contribution in [0.3, 0.4) is 0 Å². The summed E-state index contributed by atoms with van der Waals surface area (Å²) in [5.41, 5.74) is 3.02. The number of carbonyl (C=O) groups excluding carboxylic acids is 1. The molecule has 1 aliphatic heterocycles. The molecule has 7 atom stereocenters. The van der Waals surface area contributed by atoms with Crippen molar-refractivity contribution < 1.29 is 9.90 Å². The van der Waals surface area contributed by atoms with E-state index in [1.807, 2.05) is 13.0 Å². The molecule has 33 heavy (non-hydrogen) atoms. The van der Waals surface area contributed by atoms with Crippen molar-refractivity contribution in [1.82, 2.24) is 0 Å². The molecule has 0 radical (unpaired) electrons. The predicted octanol–water partition coefficient (Wildman–Crippen LogP) is 5.57. The van der Waals surface area contributed by atoms with Crippen LogP contribution < -0.4 is 4.90 Å². The second-order valence-electron chi connectivity index (χ2n) is 11.6. The van der Waals surface area contributed by atoms with Crippen LogP contribution in [-0.2, 0) is 4.79 Å². The van der Waals surface area contributed by atoms with E-state index < -0.39 is 5.60 Å². The lowest BCUT2D eigenvalue weighted by Crippen LogP contribution is -2.60. The quantitative estimate of drug-likeness (QED) is 0.555. The molecular weight excluding hydrogens is 426 g/mol. The normalized spacial score (nSPS) is 42.7. The molecule has 0 saturated heterocycles. The second-order valence-corrected chi connectivity index (χ2v) is 13.0. The van der Waals surface area contributed by atoms with E-state index in [-0.39, 0.29) is 10.2 Å². The molecule has 6 rings (SSSR count). The van der Waals surface area contributed by atoms with E-state index in [0.717, 1.165) is 38.5 Å². The lowest BCUT2D eigenvalue weighted by molar-refractivity contribution is -0.116. The monoisotopic (exact) mass is 461 g/mol. The van der Waals surface area contributed by atoms with Crippen molar-refractivity contribution >= 4 is 23.2 Å². The van der Waals surface area contributed by atoms with Crippen LogP contribution in [0.25, 0.3) is 0 Å². The molecule has 0 aromatic heterocycles. The maximum Gasteiger partial charge on any atom is 0.155 e. The van der Waals surface area contributed by atoms with E-state index in [2.05, 4.69) is 67.7 Å². The molecular formula is C29H35NO2S. The van der Waals surface area contributed by atoms with E-state index in [1.54, 1.807) is 0 Å². The Balaban J connectivity index is 1.56. The highest BCUT2D eigenvalue weighted by atomic mass is 32.2. The highest BCUT2D eigenvalue weighted by Gasteiger charge is 2.68. The maximum atomic E-state index is 12.5. The van der Waals surface area contributed by atoms with Gasteiger partial charge in [-0.1, -0.05) is 18.9 Å².